The quantitative estimate of drug-likeness (QED) is 0.651. The van der Waals surface area contributed by atoms with Gasteiger partial charge in [-0.1, -0.05) is 42.8 Å². The van der Waals surface area contributed by atoms with E-state index in [4.69, 9.17) is 4.98 Å². The molecule has 0 aliphatic heterocycles. The van der Waals surface area contributed by atoms with Crippen LogP contribution in [-0.2, 0) is 11.2 Å². The molecule has 0 saturated heterocycles. The number of aromatic nitrogens is 2. The molecule has 1 amide bonds. The number of likely N-dealkylation sites (N-methyl/N-ethyl adjacent to an activating group) is 1. The Bertz CT molecular complexity index is 943. The van der Waals surface area contributed by atoms with E-state index in [9.17, 15) is 4.79 Å². The van der Waals surface area contributed by atoms with E-state index in [1.807, 2.05) is 18.0 Å². The highest BCUT2D eigenvalue weighted by Gasteiger charge is 2.20. The zero-order chi connectivity index (χ0) is 20.1. The molecule has 5 nitrogen and oxygen atoms in total. The number of imidazole rings is 1. The van der Waals surface area contributed by atoms with Crippen LogP contribution < -0.4 is 5.32 Å². The number of carbonyl (C=O) groups is 1. The third kappa shape index (κ3) is 4.42. The molecular formula is C23H30N4O. The average Bonchev–Trinajstić information content (AvgIpc) is 3.03. The van der Waals surface area contributed by atoms with Crippen LogP contribution in [0.15, 0.2) is 42.6 Å². The van der Waals surface area contributed by atoms with Crippen LogP contribution in [0, 0.1) is 13.8 Å². The van der Waals surface area contributed by atoms with Crippen LogP contribution in [0.3, 0.4) is 0 Å². The van der Waals surface area contributed by atoms with Crippen molar-refractivity contribution in [2.45, 2.75) is 33.6 Å². The average molecular weight is 379 g/mol. The SMILES string of the molecule is CCCN(CCNC)C(=O)Cc1c(-c2ccc(C)cc2)nc2ccc(C)cn12. The molecule has 0 atom stereocenters. The van der Waals surface area contributed by atoms with Crippen LogP contribution in [-0.4, -0.2) is 46.9 Å². The summed E-state index contributed by atoms with van der Waals surface area (Å²) >= 11 is 0. The molecule has 28 heavy (non-hydrogen) atoms. The molecule has 2 heterocycles. The number of hydrogen-bond donors (Lipinski definition) is 1. The lowest BCUT2D eigenvalue weighted by Gasteiger charge is -2.22. The molecule has 0 radical (unpaired) electrons. The first-order valence-corrected chi connectivity index (χ1v) is 10.0. The van der Waals surface area contributed by atoms with Gasteiger partial charge in [-0.15, -0.1) is 0 Å². The van der Waals surface area contributed by atoms with Gasteiger partial charge in [0.25, 0.3) is 0 Å². The molecule has 1 aromatic carbocycles. The van der Waals surface area contributed by atoms with Crippen LogP contribution in [0.25, 0.3) is 16.9 Å². The van der Waals surface area contributed by atoms with E-state index in [2.05, 4.69) is 67.0 Å². The maximum atomic E-state index is 13.1. The van der Waals surface area contributed by atoms with Crippen molar-refractivity contribution in [3.05, 3.63) is 59.4 Å². The number of fused-ring (bicyclic) bond motifs is 1. The highest BCUT2D eigenvalue weighted by Crippen LogP contribution is 2.26. The van der Waals surface area contributed by atoms with E-state index < -0.39 is 0 Å². The fourth-order valence-corrected chi connectivity index (χ4v) is 3.44. The van der Waals surface area contributed by atoms with Gasteiger partial charge in [0.05, 0.1) is 17.8 Å². The Morgan fingerprint density at radius 2 is 1.79 bits per heavy atom. The molecule has 0 bridgehead atoms. The van der Waals surface area contributed by atoms with Crippen molar-refractivity contribution >= 4 is 11.6 Å². The zero-order valence-corrected chi connectivity index (χ0v) is 17.3. The monoisotopic (exact) mass is 378 g/mol. The van der Waals surface area contributed by atoms with Gasteiger partial charge in [-0.05, 0) is 38.9 Å². The van der Waals surface area contributed by atoms with Crippen molar-refractivity contribution < 1.29 is 4.79 Å². The Morgan fingerprint density at radius 1 is 1.07 bits per heavy atom. The number of amides is 1. The summed E-state index contributed by atoms with van der Waals surface area (Å²) in [5.74, 6) is 0.147. The Kier molecular flexibility index (Phi) is 6.47. The van der Waals surface area contributed by atoms with Crippen molar-refractivity contribution in [1.29, 1.82) is 0 Å². The van der Waals surface area contributed by atoms with Crippen LogP contribution in [0.4, 0.5) is 0 Å². The number of carbonyl (C=O) groups excluding carboxylic acids is 1. The van der Waals surface area contributed by atoms with Gasteiger partial charge in [0, 0.05) is 31.4 Å². The molecule has 0 fully saturated rings. The number of benzene rings is 1. The van der Waals surface area contributed by atoms with E-state index in [0.29, 0.717) is 6.42 Å². The topological polar surface area (TPSA) is 49.6 Å². The summed E-state index contributed by atoms with van der Waals surface area (Å²) in [6.07, 6.45) is 3.37. The molecule has 0 unspecified atom stereocenters. The zero-order valence-electron chi connectivity index (χ0n) is 17.3. The highest BCUT2D eigenvalue weighted by molar-refractivity contribution is 5.81. The van der Waals surface area contributed by atoms with Gasteiger partial charge in [-0.25, -0.2) is 4.98 Å². The third-order valence-electron chi connectivity index (χ3n) is 4.99. The molecule has 0 aliphatic rings. The van der Waals surface area contributed by atoms with Crippen LogP contribution >= 0.6 is 0 Å². The van der Waals surface area contributed by atoms with Crippen LogP contribution in [0.5, 0.6) is 0 Å². The lowest BCUT2D eigenvalue weighted by Crippen LogP contribution is -2.37. The summed E-state index contributed by atoms with van der Waals surface area (Å²) in [6, 6.07) is 12.4. The van der Waals surface area contributed by atoms with Crippen molar-refractivity contribution in [2.24, 2.45) is 0 Å². The van der Waals surface area contributed by atoms with Gasteiger partial charge in [-0.2, -0.15) is 0 Å². The number of pyridine rings is 1. The molecule has 5 heteroatoms. The van der Waals surface area contributed by atoms with E-state index in [0.717, 1.165) is 54.2 Å². The molecule has 3 rings (SSSR count). The summed E-state index contributed by atoms with van der Waals surface area (Å²) < 4.78 is 2.07. The van der Waals surface area contributed by atoms with Crippen molar-refractivity contribution in [1.82, 2.24) is 19.6 Å². The second kappa shape index (κ2) is 9.02. The summed E-state index contributed by atoms with van der Waals surface area (Å²) in [5.41, 5.74) is 6.13. The number of rotatable bonds is 8. The fourth-order valence-electron chi connectivity index (χ4n) is 3.44. The molecule has 0 saturated carbocycles. The largest absolute Gasteiger partial charge is 0.341 e. The summed E-state index contributed by atoms with van der Waals surface area (Å²) in [4.78, 5) is 19.9. The molecular weight excluding hydrogens is 348 g/mol. The summed E-state index contributed by atoms with van der Waals surface area (Å²) in [7, 11) is 1.91. The minimum Gasteiger partial charge on any atom is -0.341 e. The van der Waals surface area contributed by atoms with Gasteiger partial charge in [0.2, 0.25) is 5.91 Å². The Morgan fingerprint density at radius 3 is 2.46 bits per heavy atom. The number of hydrogen-bond acceptors (Lipinski definition) is 3. The van der Waals surface area contributed by atoms with Crippen molar-refractivity contribution in [3.63, 3.8) is 0 Å². The first kappa shape index (κ1) is 20.1. The highest BCUT2D eigenvalue weighted by atomic mass is 16.2. The molecule has 1 N–H and O–H groups in total. The lowest BCUT2D eigenvalue weighted by molar-refractivity contribution is -0.130. The van der Waals surface area contributed by atoms with E-state index in [1.165, 1.54) is 5.56 Å². The second-order valence-corrected chi connectivity index (χ2v) is 7.37. The predicted molar refractivity (Wildman–Crippen MR) is 115 cm³/mol. The summed E-state index contributed by atoms with van der Waals surface area (Å²) in [5, 5.41) is 3.14. The Labute approximate surface area is 167 Å². The van der Waals surface area contributed by atoms with Crippen molar-refractivity contribution in [3.8, 4) is 11.3 Å². The van der Waals surface area contributed by atoms with Gasteiger partial charge in [-0.3, -0.25) is 4.79 Å². The molecule has 2 aromatic heterocycles. The first-order valence-electron chi connectivity index (χ1n) is 10.0. The number of aryl methyl sites for hydroxylation is 2. The fraction of sp³-hybridized carbons (Fsp3) is 0.391. The summed E-state index contributed by atoms with van der Waals surface area (Å²) in [6.45, 7) is 8.53. The van der Waals surface area contributed by atoms with Gasteiger partial charge >= 0.3 is 0 Å². The second-order valence-electron chi connectivity index (χ2n) is 7.37. The smallest absolute Gasteiger partial charge is 0.228 e. The maximum absolute atomic E-state index is 13.1. The Hall–Kier alpha value is -2.66. The molecule has 0 spiro atoms. The van der Waals surface area contributed by atoms with E-state index >= 15 is 0 Å². The normalized spacial score (nSPS) is 11.1. The standard InChI is InChI=1S/C23H30N4O/c1-5-13-26(14-12-24-4)22(28)15-20-23(19-9-6-17(2)7-10-19)25-21-11-8-18(3)16-27(20)21/h6-11,16,24H,5,12-15H2,1-4H3. The van der Waals surface area contributed by atoms with E-state index in [-0.39, 0.29) is 5.91 Å². The molecule has 0 aliphatic carbocycles. The minimum atomic E-state index is 0.147. The molecule has 148 valence electrons. The third-order valence-corrected chi connectivity index (χ3v) is 4.99. The maximum Gasteiger partial charge on any atom is 0.228 e. The predicted octanol–water partition coefficient (Wildman–Crippen LogP) is 3.62. The van der Waals surface area contributed by atoms with Gasteiger partial charge < -0.3 is 14.6 Å². The Balaban J connectivity index is 2.02. The van der Waals surface area contributed by atoms with Gasteiger partial charge in [0.1, 0.15) is 5.65 Å². The van der Waals surface area contributed by atoms with Gasteiger partial charge in [0.15, 0.2) is 0 Å². The van der Waals surface area contributed by atoms with Crippen LogP contribution in [0.2, 0.25) is 0 Å². The molecule has 3 aromatic rings. The van der Waals surface area contributed by atoms with Crippen molar-refractivity contribution in [2.75, 3.05) is 26.7 Å². The lowest BCUT2D eigenvalue weighted by atomic mass is 10.1. The number of nitrogens with one attached hydrogen (secondary N) is 1. The minimum absolute atomic E-state index is 0.147. The number of nitrogens with zero attached hydrogens (tertiary/aromatic N) is 3. The first-order chi connectivity index (χ1) is 13.5. The van der Waals surface area contributed by atoms with Crippen LogP contribution in [0.1, 0.15) is 30.2 Å². The van der Waals surface area contributed by atoms with E-state index in [1.54, 1.807) is 0 Å².